The van der Waals surface area contributed by atoms with Crippen LogP contribution in [0.25, 0.3) is 0 Å². The van der Waals surface area contributed by atoms with Crippen LogP contribution in [0.15, 0.2) is 30.3 Å². The number of thioether (sulfide) groups is 1. The molecule has 0 fully saturated rings. The Kier molecular flexibility index (Phi) is 9.37. The predicted octanol–water partition coefficient (Wildman–Crippen LogP) is 3.91. The molecule has 1 N–H and O–H groups in total. The Morgan fingerprint density at radius 2 is 2.00 bits per heavy atom. The van der Waals surface area contributed by atoms with Crippen LogP contribution in [0, 0.1) is 0 Å². The SMILES string of the molecule is CCCCSC(=S)Nc1ccccc1.[Zn]. The van der Waals surface area contributed by atoms with E-state index >= 15 is 0 Å². The summed E-state index contributed by atoms with van der Waals surface area (Å²) in [5.74, 6) is 1.11. The molecule has 15 heavy (non-hydrogen) atoms. The molecule has 1 aromatic carbocycles. The molecule has 78 valence electrons. The van der Waals surface area contributed by atoms with Gasteiger partial charge in [0, 0.05) is 30.9 Å². The molecule has 1 aromatic rings. The molecule has 0 aliphatic rings. The molecule has 1 rings (SSSR count). The summed E-state index contributed by atoms with van der Waals surface area (Å²) >= 11 is 6.92. The third-order valence-corrected chi connectivity index (χ3v) is 3.06. The quantitative estimate of drug-likeness (QED) is 0.513. The Hall–Kier alpha value is 0.0834. The first kappa shape index (κ1) is 15.1. The number of para-hydroxylation sites is 1. The van der Waals surface area contributed by atoms with E-state index < -0.39 is 0 Å². The van der Waals surface area contributed by atoms with E-state index in [4.69, 9.17) is 12.2 Å². The number of thiocarbonyl (C=S) groups is 1. The van der Waals surface area contributed by atoms with Crippen LogP contribution in [-0.2, 0) is 19.5 Å². The summed E-state index contributed by atoms with van der Waals surface area (Å²) in [6.45, 7) is 2.19. The number of hydrogen-bond donors (Lipinski definition) is 1. The Bertz CT molecular complexity index is 277. The number of rotatable bonds is 4. The minimum absolute atomic E-state index is 0. The summed E-state index contributed by atoms with van der Waals surface area (Å²) in [5, 5.41) is 3.20. The fourth-order valence-electron chi connectivity index (χ4n) is 0.985. The summed E-state index contributed by atoms with van der Waals surface area (Å²) in [5.41, 5.74) is 1.07. The Labute approximate surface area is 114 Å². The maximum absolute atomic E-state index is 5.20. The van der Waals surface area contributed by atoms with Gasteiger partial charge >= 0.3 is 0 Å². The van der Waals surface area contributed by atoms with Crippen molar-refractivity contribution in [2.45, 2.75) is 19.8 Å². The van der Waals surface area contributed by atoms with Crippen molar-refractivity contribution in [2.24, 2.45) is 0 Å². The van der Waals surface area contributed by atoms with Gasteiger partial charge in [0.05, 0.1) is 0 Å². The summed E-state index contributed by atoms with van der Waals surface area (Å²) in [4.78, 5) is 0. The van der Waals surface area contributed by atoms with Crippen molar-refractivity contribution in [2.75, 3.05) is 11.1 Å². The fourth-order valence-corrected chi connectivity index (χ4v) is 2.16. The van der Waals surface area contributed by atoms with Gasteiger partial charge in [-0.15, -0.1) is 0 Å². The van der Waals surface area contributed by atoms with E-state index in [-0.39, 0.29) is 19.5 Å². The molecule has 0 aromatic heterocycles. The van der Waals surface area contributed by atoms with Crippen molar-refractivity contribution in [1.29, 1.82) is 0 Å². The second-order valence-corrected chi connectivity index (χ2v) is 4.75. The molecule has 0 saturated carbocycles. The third-order valence-electron chi connectivity index (χ3n) is 1.75. The molecule has 0 radical (unpaired) electrons. The molecule has 4 heteroatoms. The number of benzene rings is 1. The van der Waals surface area contributed by atoms with Crippen molar-refractivity contribution in [3.05, 3.63) is 30.3 Å². The average molecular weight is 291 g/mol. The van der Waals surface area contributed by atoms with Crippen molar-refractivity contribution in [3.8, 4) is 0 Å². The standard InChI is InChI=1S/C11H15NS2.Zn/c1-2-3-9-14-11(13)12-10-7-5-4-6-8-10;/h4-8H,2-3,9H2,1H3,(H,12,13);. The molecule has 0 spiro atoms. The van der Waals surface area contributed by atoms with Crippen LogP contribution in [0.2, 0.25) is 0 Å². The summed E-state index contributed by atoms with van der Waals surface area (Å²) in [6, 6.07) is 10.0. The van der Waals surface area contributed by atoms with Crippen molar-refractivity contribution in [1.82, 2.24) is 0 Å². The second kappa shape index (κ2) is 9.32. The molecule has 0 aliphatic carbocycles. The van der Waals surface area contributed by atoms with Crippen LogP contribution in [0.4, 0.5) is 5.69 Å². The molecular weight excluding hydrogens is 276 g/mol. The first-order valence-electron chi connectivity index (χ1n) is 4.81. The third kappa shape index (κ3) is 7.05. The summed E-state index contributed by atoms with van der Waals surface area (Å²) in [7, 11) is 0. The van der Waals surface area contributed by atoms with Gasteiger partial charge in [-0.1, -0.05) is 55.5 Å². The van der Waals surface area contributed by atoms with Gasteiger partial charge in [0.1, 0.15) is 4.32 Å². The van der Waals surface area contributed by atoms with Crippen molar-refractivity contribution < 1.29 is 19.5 Å². The van der Waals surface area contributed by atoms with Gasteiger partial charge in [-0.25, -0.2) is 0 Å². The zero-order chi connectivity index (χ0) is 10.2. The van der Waals surface area contributed by atoms with Crippen LogP contribution < -0.4 is 5.32 Å². The smallest absolute Gasteiger partial charge is 0.138 e. The maximum atomic E-state index is 5.20. The molecular formula is C11H15NS2Zn. The van der Waals surface area contributed by atoms with E-state index in [1.54, 1.807) is 11.8 Å². The van der Waals surface area contributed by atoms with Gasteiger partial charge in [0.15, 0.2) is 0 Å². The predicted molar refractivity (Wildman–Crippen MR) is 70.0 cm³/mol. The van der Waals surface area contributed by atoms with Crippen molar-refractivity contribution in [3.63, 3.8) is 0 Å². The zero-order valence-corrected chi connectivity index (χ0v) is 13.6. The second-order valence-electron chi connectivity index (χ2n) is 2.98. The first-order valence-corrected chi connectivity index (χ1v) is 6.21. The van der Waals surface area contributed by atoms with Crippen LogP contribution in [0.1, 0.15) is 19.8 Å². The average Bonchev–Trinajstić information content (AvgIpc) is 2.20. The van der Waals surface area contributed by atoms with Gasteiger partial charge < -0.3 is 5.32 Å². The Balaban J connectivity index is 0.00000196. The van der Waals surface area contributed by atoms with Crippen molar-refractivity contribution >= 4 is 34.0 Å². The first-order chi connectivity index (χ1) is 6.83. The summed E-state index contributed by atoms with van der Waals surface area (Å²) in [6.07, 6.45) is 2.45. The minimum Gasteiger partial charge on any atom is -0.341 e. The van der Waals surface area contributed by atoms with Crippen LogP contribution in [-0.4, -0.2) is 10.1 Å². The summed E-state index contributed by atoms with van der Waals surface area (Å²) < 4.78 is 0.865. The van der Waals surface area contributed by atoms with Gasteiger partial charge in [-0.3, -0.25) is 0 Å². The van der Waals surface area contributed by atoms with E-state index in [1.807, 2.05) is 30.3 Å². The van der Waals surface area contributed by atoms with Gasteiger partial charge in [0.25, 0.3) is 0 Å². The number of nitrogens with one attached hydrogen (secondary N) is 1. The van der Waals surface area contributed by atoms with Crippen LogP contribution in [0.5, 0.6) is 0 Å². The van der Waals surface area contributed by atoms with Crippen LogP contribution >= 0.6 is 24.0 Å². The minimum atomic E-state index is 0. The van der Waals surface area contributed by atoms with E-state index in [0.29, 0.717) is 0 Å². The fraction of sp³-hybridized carbons (Fsp3) is 0.364. The monoisotopic (exact) mass is 289 g/mol. The molecule has 0 unspecified atom stereocenters. The molecule has 0 bridgehead atoms. The Morgan fingerprint density at radius 3 is 2.60 bits per heavy atom. The van der Waals surface area contributed by atoms with E-state index in [1.165, 1.54) is 12.8 Å². The molecule has 1 nitrogen and oxygen atoms in total. The maximum Gasteiger partial charge on any atom is 0.138 e. The molecule has 0 amide bonds. The van der Waals surface area contributed by atoms with E-state index in [9.17, 15) is 0 Å². The van der Waals surface area contributed by atoms with Gasteiger partial charge in [-0.05, 0) is 18.6 Å². The molecule has 0 aliphatic heterocycles. The number of hydrogen-bond acceptors (Lipinski definition) is 2. The largest absolute Gasteiger partial charge is 0.341 e. The molecule has 0 atom stereocenters. The number of anilines is 1. The molecule has 0 heterocycles. The van der Waals surface area contributed by atoms with Gasteiger partial charge in [-0.2, -0.15) is 0 Å². The molecule has 0 saturated heterocycles. The van der Waals surface area contributed by atoms with E-state index in [0.717, 1.165) is 15.8 Å². The van der Waals surface area contributed by atoms with Crippen LogP contribution in [0.3, 0.4) is 0 Å². The topological polar surface area (TPSA) is 12.0 Å². The normalized spacial score (nSPS) is 9.13. The zero-order valence-electron chi connectivity index (χ0n) is 9.03. The van der Waals surface area contributed by atoms with Gasteiger partial charge in [0.2, 0.25) is 0 Å². The Morgan fingerprint density at radius 1 is 1.33 bits per heavy atom. The number of unbranched alkanes of at least 4 members (excludes halogenated alkanes) is 1. The van der Waals surface area contributed by atoms with E-state index in [2.05, 4.69) is 12.2 Å².